The van der Waals surface area contributed by atoms with Gasteiger partial charge in [-0.15, -0.1) is 0 Å². The molecule has 0 bridgehead atoms. The molecule has 1 aromatic carbocycles. The lowest BCUT2D eigenvalue weighted by Crippen LogP contribution is -2.18. The lowest BCUT2D eigenvalue weighted by Gasteiger charge is -2.22. The van der Waals surface area contributed by atoms with E-state index in [-0.39, 0.29) is 0 Å². The first-order chi connectivity index (χ1) is 6.50. The van der Waals surface area contributed by atoms with Crippen molar-refractivity contribution in [2.24, 2.45) is 0 Å². The first-order valence-corrected chi connectivity index (χ1v) is 5.10. The topological polar surface area (TPSA) is 32.3 Å². The van der Waals surface area contributed by atoms with Crippen LogP contribution in [0.5, 0.6) is 0 Å². The normalized spacial score (nSPS) is 20.4. The summed E-state index contributed by atoms with van der Waals surface area (Å²) in [5, 5.41) is 13.4. The van der Waals surface area contributed by atoms with Gasteiger partial charge in [0.15, 0.2) is 0 Å². The highest BCUT2D eigenvalue weighted by Gasteiger charge is 2.27. The maximum atomic E-state index is 10.0. The van der Waals surface area contributed by atoms with Gasteiger partial charge in [0.05, 0.1) is 5.60 Å². The van der Waals surface area contributed by atoms with Crippen LogP contribution in [-0.4, -0.2) is 11.7 Å². The average molecular weight is 191 g/mol. The molecule has 0 fully saturated rings. The van der Waals surface area contributed by atoms with Crippen molar-refractivity contribution >= 4 is 5.69 Å². The fraction of sp³-hybridized carbons (Fsp3) is 0.500. The molecule has 0 saturated carbocycles. The highest BCUT2D eigenvalue weighted by Crippen LogP contribution is 2.38. The van der Waals surface area contributed by atoms with Crippen LogP contribution >= 0.6 is 0 Å². The molecule has 1 aromatic rings. The van der Waals surface area contributed by atoms with E-state index in [1.807, 2.05) is 26.0 Å². The van der Waals surface area contributed by atoms with Gasteiger partial charge in [0.2, 0.25) is 0 Å². The van der Waals surface area contributed by atoms with Crippen LogP contribution in [0.3, 0.4) is 0 Å². The van der Waals surface area contributed by atoms with Crippen LogP contribution in [0.1, 0.15) is 37.8 Å². The molecule has 0 aromatic heterocycles. The molecule has 1 unspecified atom stereocenters. The van der Waals surface area contributed by atoms with Crippen LogP contribution in [-0.2, 0) is 5.60 Å². The van der Waals surface area contributed by atoms with Gasteiger partial charge in [0.1, 0.15) is 0 Å². The monoisotopic (exact) mass is 191 g/mol. The molecule has 1 atom stereocenters. The van der Waals surface area contributed by atoms with Crippen LogP contribution < -0.4 is 5.32 Å². The number of nitrogens with one attached hydrogen (secondary N) is 1. The Bertz CT molecular complexity index is 352. The zero-order valence-corrected chi connectivity index (χ0v) is 8.96. The van der Waals surface area contributed by atoms with E-state index in [2.05, 4.69) is 18.3 Å². The molecule has 2 nitrogen and oxygen atoms in total. The third-order valence-corrected chi connectivity index (χ3v) is 2.86. The summed E-state index contributed by atoms with van der Waals surface area (Å²) in [7, 11) is 0. The predicted molar refractivity (Wildman–Crippen MR) is 58.6 cm³/mol. The van der Waals surface area contributed by atoms with Crippen molar-refractivity contribution in [1.29, 1.82) is 0 Å². The van der Waals surface area contributed by atoms with E-state index in [0.717, 1.165) is 12.1 Å². The molecule has 1 aliphatic rings. The summed E-state index contributed by atoms with van der Waals surface area (Å²) in [5.74, 6) is 0.493. The van der Waals surface area contributed by atoms with E-state index in [4.69, 9.17) is 0 Å². The highest BCUT2D eigenvalue weighted by molar-refractivity contribution is 5.61. The van der Waals surface area contributed by atoms with Crippen LogP contribution in [0.25, 0.3) is 0 Å². The minimum absolute atomic E-state index is 0.493. The summed E-state index contributed by atoms with van der Waals surface area (Å²) >= 11 is 0. The van der Waals surface area contributed by atoms with Crippen molar-refractivity contribution in [1.82, 2.24) is 0 Å². The van der Waals surface area contributed by atoms with Gasteiger partial charge in [-0.05, 0) is 31.0 Å². The van der Waals surface area contributed by atoms with E-state index in [1.165, 1.54) is 11.3 Å². The van der Waals surface area contributed by atoms with Gasteiger partial charge in [-0.1, -0.05) is 19.1 Å². The highest BCUT2D eigenvalue weighted by atomic mass is 16.3. The Morgan fingerprint density at radius 1 is 1.43 bits per heavy atom. The summed E-state index contributed by atoms with van der Waals surface area (Å²) in [6.07, 6.45) is 0. The van der Waals surface area contributed by atoms with Gasteiger partial charge in [0, 0.05) is 18.2 Å². The lowest BCUT2D eigenvalue weighted by atomic mass is 9.88. The number of benzene rings is 1. The Morgan fingerprint density at radius 2 is 2.14 bits per heavy atom. The summed E-state index contributed by atoms with van der Waals surface area (Å²) in [6, 6.07) is 6.09. The second-order valence-electron chi connectivity index (χ2n) is 4.61. The molecule has 76 valence electrons. The minimum atomic E-state index is -0.744. The Balaban J connectivity index is 2.58. The standard InChI is InChI=1S/C12H17NO/c1-8-7-13-10-6-4-5-9(11(8)10)12(2,3)14/h4-6,8,13-14H,7H2,1-3H3. The quantitative estimate of drug-likeness (QED) is 0.714. The maximum absolute atomic E-state index is 10.0. The first kappa shape index (κ1) is 9.53. The van der Waals surface area contributed by atoms with Crippen LogP contribution in [0, 0.1) is 0 Å². The minimum Gasteiger partial charge on any atom is -0.386 e. The van der Waals surface area contributed by atoms with Crippen molar-refractivity contribution < 1.29 is 5.11 Å². The molecule has 0 saturated heterocycles. The molecular formula is C12H17NO. The molecule has 1 heterocycles. The average Bonchev–Trinajstić information content (AvgIpc) is 2.46. The number of hydrogen-bond acceptors (Lipinski definition) is 2. The van der Waals surface area contributed by atoms with Crippen molar-refractivity contribution in [2.45, 2.75) is 32.3 Å². The predicted octanol–water partition coefficient (Wildman–Crippen LogP) is 2.44. The number of hydrogen-bond donors (Lipinski definition) is 2. The van der Waals surface area contributed by atoms with Crippen molar-refractivity contribution in [3.63, 3.8) is 0 Å². The first-order valence-electron chi connectivity index (χ1n) is 5.10. The van der Waals surface area contributed by atoms with Crippen molar-refractivity contribution in [3.8, 4) is 0 Å². The second kappa shape index (κ2) is 2.99. The summed E-state index contributed by atoms with van der Waals surface area (Å²) < 4.78 is 0. The van der Waals surface area contributed by atoms with Gasteiger partial charge in [-0.2, -0.15) is 0 Å². The summed E-state index contributed by atoms with van der Waals surface area (Å²) in [4.78, 5) is 0. The molecule has 2 heteroatoms. The van der Waals surface area contributed by atoms with Gasteiger partial charge in [-0.3, -0.25) is 0 Å². The molecule has 2 N–H and O–H groups in total. The molecule has 0 aliphatic carbocycles. The fourth-order valence-corrected chi connectivity index (χ4v) is 2.15. The largest absolute Gasteiger partial charge is 0.386 e. The van der Waals surface area contributed by atoms with E-state index in [0.29, 0.717) is 5.92 Å². The van der Waals surface area contributed by atoms with Crippen molar-refractivity contribution in [3.05, 3.63) is 29.3 Å². The van der Waals surface area contributed by atoms with Gasteiger partial charge in [-0.25, -0.2) is 0 Å². The van der Waals surface area contributed by atoms with Crippen molar-refractivity contribution in [2.75, 3.05) is 11.9 Å². The van der Waals surface area contributed by atoms with Crippen LogP contribution in [0.15, 0.2) is 18.2 Å². The second-order valence-corrected chi connectivity index (χ2v) is 4.61. The van der Waals surface area contributed by atoms with E-state index >= 15 is 0 Å². The molecule has 14 heavy (non-hydrogen) atoms. The zero-order chi connectivity index (χ0) is 10.3. The number of aliphatic hydroxyl groups is 1. The number of anilines is 1. The van der Waals surface area contributed by atoms with E-state index in [1.54, 1.807) is 0 Å². The molecule has 0 radical (unpaired) electrons. The summed E-state index contributed by atoms with van der Waals surface area (Å²) in [6.45, 7) is 6.85. The molecule has 2 rings (SSSR count). The fourth-order valence-electron chi connectivity index (χ4n) is 2.15. The van der Waals surface area contributed by atoms with Crippen LogP contribution in [0.2, 0.25) is 0 Å². The SMILES string of the molecule is CC1CNc2cccc(C(C)(C)O)c21. The van der Waals surface area contributed by atoms with Gasteiger partial charge < -0.3 is 10.4 Å². The zero-order valence-electron chi connectivity index (χ0n) is 8.96. The van der Waals surface area contributed by atoms with E-state index < -0.39 is 5.60 Å². The third-order valence-electron chi connectivity index (χ3n) is 2.86. The Morgan fingerprint density at radius 3 is 2.79 bits per heavy atom. The molecule has 1 aliphatic heterocycles. The summed E-state index contributed by atoms with van der Waals surface area (Å²) in [5.41, 5.74) is 2.76. The smallest absolute Gasteiger partial charge is 0.0844 e. The Kier molecular flexibility index (Phi) is 2.04. The van der Waals surface area contributed by atoms with Gasteiger partial charge in [0.25, 0.3) is 0 Å². The lowest BCUT2D eigenvalue weighted by molar-refractivity contribution is 0.0775. The Hall–Kier alpha value is -1.02. The van der Waals surface area contributed by atoms with Gasteiger partial charge >= 0.3 is 0 Å². The molecular weight excluding hydrogens is 174 g/mol. The van der Waals surface area contributed by atoms with Crippen LogP contribution in [0.4, 0.5) is 5.69 Å². The number of fused-ring (bicyclic) bond motifs is 1. The third kappa shape index (κ3) is 1.40. The number of rotatable bonds is 1. The Labute approximate surface area is 85.0 Å². The molecule has 0 spiro atoms. The maximum Gasteiger partial charge on any atom is 0.0844 e. The van der Waals surface area contributed by atoms with E-state index in [9.17, 15) is 5.11 Å². The molecule has 0 amide bonds.